The highest BCUT2D eigenvalue weighted by Crippen LogP contribution is 2.31. The lowest BCUT2D eigenvalue weighted by molar-refractivity contribution is 0.527. The molecule has 1 aliphatic carbocycles. The first-order valence-electron chi connectivity index (χ1n) is 6.94. The summed E-state index contributed by atoms with van der Waals surface area (Å²) in [5.41, 5.74) is 2.92. The summed E-state index contributed by atoms with van der Waals surface area (Å²) in [5, 5.41) is 0.829. The maximum absolute atomic E-state index is 5.70. The molecular weight excluding hydrogens is 244 g/mol. The van der Waals surface area contributed by atoms with E-state index in [-0.39, 0.29) is 6.04 Å². The summed E-state index contributed by atoms with van der Waals surface area (Å²) in [5.74, 6) is 7.79. The number of nitrogens with one attached hydrogen (secondary N) is 1. The molecule has 1 atom stereocenters. The highest BCUT2D eigenvalue weighted by Gasteiger charge is 2.20. The quantitative estimate of drug-likeness (QED) is 0.589. The van der Waals surface area contributed by atoms with Crippen molar-refractivity contribution in [3.05, 3.63) is 18.2 Å². The van der Waals surface area contributed by atoms with Gasteiger partial charge in [0, 0.05) is 29.9 Å². The third-order valence-corrected chi connectivity index (χ3v) is 4.99. The molecule has 1 unspecified atom stereocenters. The zero-order valence-electron chi connectivity index (χ0n) is 11.1. The van der Waals surface area contributed by atoms with E-state index in [9.17, 15) is 0 Å². The van der Waals surface area contributed by atoms with Crippen molar-refractivity contribution in [2.75, 3.05) is 5.75 Å². The smallest absolute Gasteiger partial charge is 0.128 e. The molecule has 18 heavy (non-hydrogen) atoms. The molecule has 0 aliphatic heterocycles. The van der Waals surface area contributed by atoms with Crippen LogP contribution in [0.3, 0.4) is 0 Å². The molecule has 0 spiro atoms. The second kappa shape index (κ2) is 7.16. The van der Waals surface area contributed by atoms with Gasteiger partial charge in [0.15, 0.2) is 0 Å². The fraction of sp³-hybridized carbons (Fsp3) is 0.769. The van der Waals surface area contributed by atoms with Crippen molar-refractivity contribution in [3.8, 4) is 0 Å². The Morgan fingerprint density at radius 2 is 2.33 bits per heavy atom. The van der Waals surface area contributed by atoms with Gasteiger partial charge in [-0.2, -0.15) is 11.8 Å². The number of thioether (sulfide) groups is 1. The number of hydrazine groups is 1. The van der Waals surface area contributed by atoms with Crippen LogP contribution >= 0.6 is 11.8 Å². The van der Waals surface area contributed by atoms with Crippen molar-refractivity contribution in [2.45, 2.75) is 56.9 Å². The van der Waals surface area contributed by atoms with E-state index in [1.807, 2.05) is 24.2 Å². The van der Waals surface area contributed by atoms with Gasteiger partial charge in [-0.15, -0.1) is 0 Å². The van der Waals surface area contributed by atoms with Crippen LogP contribution in [0.5, 0.6) is 0 Å². The Morgan fingerprint density at radius 1 is 1.56 bits per heavy atom. The standard InChI is InChI=1S/C13H24N4S/c1-2-8-17-9-7-15-13(17)12(16-14)10-18-11-5-3-4-6-11/h7,9,11-12,16H,2-6,8,10,14H2,1H3. The lowest BCUT2D eigenvalue weighted by Crippen LogP contribution is -2.32. The van der Waals surface area contributed by atoms with Crippen molar-refractivity contribution in [2.24, 2.45) is 5.84 Å². The van der Waals surface area contributed by atoms with Gasteiger partial charge >= 0.3 is 0 Å². The Kier molecular flexibility index (Phi) is 5.53. The number of imidazole rings is 1. The minimum atomic E-state index is 0.164. The highest BCUT2D eigenvalue weighted by atomic mass is 32.2. The maximum Gasteiger partial charge on any atom is 0.128 e. The van der Waals surface area contributed by atoms with E-state index in [1.54, 1.807) is 0 Å². The van der Waals surface area contributed by atoms with Crippen molar-refractivity contribution >= 4 is 11.8 Å². The van der Waals surface area contributed by atoms with E-state index in [0.717, 1.165) is 29.8 Å². The van der Waals surface area contributed by atoms with Gasteiger partial charge in [0.2, 0.25) is 0 Å². The van der Waals surface area contributed by atoms with Crippen LogP contribution < -0.4 is 11.3 Å². The van der Waals surface area contributed by atoms with Gasteiger partial charge in [0.1, 0.15) is 5.82 Å². The molecule has 1 heterocycles. The predicted octanol–water partition coefficient (Wildman–Crippen LogP) is 2.47. The number of aryl methyl sites for hydroxylation is 1. The van der Waals surface area contributed by atoms with Gasteiger partial charge in [-0.05, 0) is 19.3 Å². The van der Waals surface area contributed by atoms with E-state index >= 15 is 0 Å². The van der Waals surface area contributed by atoms with Gasteiger partial charge < -0.3 is 4.57 Å². The molecule has 0 radical (unpaired) electrons. The molecule has 4 nitrogen and oxygen atoms in total. The molecule has 1 aromatic heterocycles. The average molecular weight is 268 g/mol. The van der Waals surface area contributed by atoms with Gasteiger partial charge in [-0.3, -0.25) is 5.84 Å². The summed E-state index contributed by atoms with van der Waals surface area (Å²) in [4.78, 5) is 4.46. The zero-order chi connectivity index (χ0) is 12.8. The molecule has 1 saturated carbocycles. The Morgan fingerprint density at radius 3 is 3.00 bits per heavy atom. The van der Waals surface area contributed by atoms with E-state index in [2.05, 4.69) is 21.9 Å². The summed E-state index contributed by atoms with van der Waals surface area (Å²) in [7, 11) is 0. The Balaban J connectivity index is 1.91. The van der Waals surface area contributed by atoms with Gasteiger partial charge in [-0.25, -0.2) is 10.4 Å². The molecule has 5 heteroatoms. The number of nitrogens with zero attached hydrogens (tertiary/aromatic N) is 2. The number of hydrogen-bond donors (Lipinski definition) is 2. The molecular formula is C13H24N4S. The molecule has 0 aromatic carbocycles. The number of rotatable bonds is 7. The van der Waals surface area contributed by atoms with Crippen molar-refractivity contribution in [3.63, 3.8) is 0 Å². The maximum atomic E-state index is 5.70. The van der Waals surface area contributed by atoms with Crippen molar-refractivity contribution in [1.82, 2.24) is 15.0 Å². The van der Waals surface area contributed by atoms with Crippen molar-refractivity contribution in [1.29, 1.82) is 0 Å². The number of nitrogens with two attached hydrogens (primary N) is 1. The number of aromatic nitrogens is 2. The highest BCUT2D eigenvalue weighted by molar-refractivity contribution is 7.99. The van der Waals surface area contributed by atoms with E-state index < -0.39 is 0 Å². The first-order valence-corrected chi connectivity index (χ1v) is 7.98. The lowest BCUT2D eigenvalue weighted by Gasteiger charge is -2.18. The summed E-state index contributed by atoms with van der Waals surface area (Å²) < 4.78 is 2.21. The summed E-state index contributed by atoms with van der Waals surface area (Å²) in [6.07, 6.45) is 10.6. The Labute approximate surface area is 114 Å². The van der Waals surface area contributed by atoms with E-state index in [4.69, 9.17) is 5.84 Å². The first-order chi connectivity index (χ1) is 8.85. The third kappa shape index (κ3) is 3.49. The molecule has 1 fully saturated rings. The van der Waals surface area contributed by atoms with Crippen LogP contribution in [0.2, 0.25) is 0 Å². The van der Waals surface area contributed by atoms with Crippen molar-refractivity contribution < 1.29 is 0 Å². The van der Waals surface area contributed by atoms with E-state index in [1.165, 1.54) is 25.7 Å². The molecule has 1 aliphatic rings. The van der Waals surface area contributed by atoms with Crippen LogP contribution in [0, 0.1) is 0 Å². The normalized spacial score (nSPS) is 18.3. The van der Waals surface area contributed by atoms with Crippen LogP contribution in [-0.4, -0.2) is 20.6 Å². The molecule has 0 bridgehead atoms. The minimum absolute atomic E-state index is 0.164. The topological polar surface area (TPSA) is 55.9 Å². The first kappa shape index (κ1) is 13.9. The van der Waals surface area contributed by atoms with E-state index in [0.29, 0.717) is 0 Å². The predicted molar refractivity (Wildman–Crippen MR) is 77.3 cm³/mol. The molecule has 1 aromatic rings. The Bertz CT molecular complexity index is 347. The number of hydrogen-bond acceptors (Lipinski definition) is 4. The summed E-state index contributed by atoms with van der Waals surface area (Å²) in [6.45, 7) is 3.20. The fourth-order valence-corrected chi connectivity index (χ4v) is 3.92. The largest absolute Gasteiger partial charge is 0.334 e. The SMILES string of the molecule is CCCn1ccnc1C(CSC1CCCC1)NN. The molecule has 0 amide bonds. The second-order valence-electron chi connectivity index (χ2n) is 4.94. The summed E-state index contributed by atoms with van der Waals surface area (Å²) in [6, 6.07) is 0.164. The van der Waals surface area contributed by atoms with Crippen LogP contribution in [-0.2, 0) is 6.54 Å². The minimum Gasteiger partial charge on any atom is -0.334 e. The zero-order valence-corrected chi connectivity index (χ0v) is 12.0. The van der Waals surface area contributed by atoms with Gasteiger partial charge in [0.25, 0.3) is 0 Å². The second-order valence-corrected chi connectivity index (χ2v) is 6.27. The average Bonchev–Trinajstić information content (AvgIpc) is 3.02. The van der Waals surface area contributed by atoms with Gasteiger partial charge in [0.05, 0.1) is 6.04 Å². The molecule has 0 saturated heterocycles. The third-order valence-electron chi connectivity index (χ3n) is 3.53. The summed E-state index contributed by atoms with van der Waals surface area (Å²) >= 11 is 2.05. The fourth-order valence-electron chi connectivity index (χ4n) is 2.55. The monoisotopic (exact) mass is 268 g/mol. The van der Waals surface area contributed by atoms with Crippen LogP contribution in [0.25, 0.3) is 0 Å². The molecule has 2 rings (SSSR count). The lowest BCUT2D eigenvalue weighted by atomic mass is 10.3. The molecule has 3 N–H and O–H groups in total. The molecule has 102 valence electrons. The Hall–Kier alpha value is -0.520. The van der Waals surface area contributed by atoms with Crippen LogP contribution in [0.4, 0.5) is 0 Å². The van der Waals surface area contributed by atoms with Gasteiger partial charge in [-0.1, -0.05) is 19.8 Å². The van der Waals surface area contributed by atoms with Crippen LogP contribution in [0.15, 0.2) is 12.4 Å². The van der Waals surface area contributed by atoms with Crippen LogP contribution in [0.1, 0.15) is 50.9 Å².